The van der Waals surface area contributed by atoms with Gasteiger partial charge in [0.25, 0.3) is 10.1 Å². The van der Waals surface area contributed by atoms with Gasteiger partial charge in [-0.1, -0.05) is 26.8 Å². The van der Waals surface area contributed by atoms with Crippen LogP contribution in [0.25, 0.3) is 0 Å². The lowest BCUT2D eigenvalue weighted by Crippen LogP contribution is -2.52. The summed E-state index contributed by atoms with van der Waals surface area (Å²) in [6, 6.07) is 0.424. The summed E-state index contributed by atoms with van der Waals surface area (Å²) in [4.78, 5) is 12.9. The van der Waals surface area contributed by atoms with Crippen LogP contribution in [0.4, 0.5) is 4.79 Å². The van der Waals surface area contributed by atoms with Crippen LogP contribution in [0, 0.1) is 5.41 Å². The number of nitrogens with zero attached hydrogens (tertiary/aromatic N) is 1. The van der Waals surface area contributed by atoms with Crippen molar-refractivity contribution < 1.29 is 31.7 Å². The van der Waals surface area contributed by atoms with Gasteiger partial charge in [-0.15, -0.1) is 0 Å². The Labute approximate surface area is 163 Å². The maximum absolute atomic E-state index is 11.7. The van der Waals surface area contributed by atoms with Gasteiger partial charge in [-0.2, -0.15) is 8.42 Å². The predicted octanol–water partition coefficient (Wildman–Crippen LogP) is 2.53. The number of hydrogen-bond acceptors (Lipinski definition) is 6. The van der Waals surface area contributed by atoms with Crippen LogP contribution in [-0.2, 0) is 23.5 Å². The van der Waals surface area contributed by atoms with Crippen LogP contribution in [0.3, 0.4) is 0 Å². The molecule has 0 aromatic carbocycles. The van der Waals surface area contributed by atoms with Crippen molar-refractivity contribution in [2.75, 3.05) is 33.1 Å². The van der Waals surface area contributed by atoms with E-state index in [1.165, 1.54) is 7.11 Å². The molecule has 158 valence electrons. The molecule has 0 aliphatic carbocycles. The normalized spacial score (nSPS) is 21.9. The zero-order chi connectivity index (χ0) is 21.0. The van der Waals surface area contributed by atoms with Gasteiger partial charge in [-0.05, 0) is 30.1 Å². The fourth-order valence-corrected chi connectivity index (χ4v) is 7.37. The van der Waals surface area contributed by atoms with Crippen LogP contribution in [0.15, 0.2) is 11.6 Å². The lowest BCUT2D eigenvalue weighted by atomic mass is 10.0. The van der Waals surface area contributed by atoms with E-state index >= 15 is 0 Å². The van der Waals surface area contributed by atoms with Crippen molar-refractivity contribution in [3.05, 3.63) is 11.6 Å². The highest BCUT2D eigenvalue weighted by atomic mass is 32.2. The van der Waals surface area contributed by atoms with Gasteiger partial charge in [0.1, 0.15) is 6.10 Å². The largest absolute Gasteiger partial charge is 0.465 e. The summed E-state index contributed by atoms with van der Waals surface area (Å²) in [5, 5.41) is 9.57. The number of carboxylic acid groups (broad SMARTS) is 1. The molecule has 0 bridgehead atoms. The molecule has 0 fully saturated rings. The molecule has 0 aromatic heterocycles. The van der Waals surface area contributed by atoms with Gasteiger partial charge in [0.05, 0.1) is 32.1 Å². The third-order valence-corrected chi connectivity index (χ3v) is 7.47. The van der Waals surface area contributed by atoms with Gasteiger partial charge in [-0.3, -0.25) is 9.08 Å². The monoisotopic (exact) mass is 423 g/mol. The minimum atomic E-state index is -3.74. The van der Waals surface area contributed by atoms with Crippen LogP contribution in [0.1, 0.15) is 20.8 Å². The van der Waals surface area contributed by atoms with Gasteiger partial charge < -0.3 is 14.3 Å². The smallest absolute Gasteiger partial charge is 0.407 e. The third kappa shape index (κ3) is 8.73. The molecular weight excluding hydrogens is 390 g/mol. The molecule has 10 heteroatoms. The number of rotatable bonds is 8. The van der Waals surface area contributed by atoms with Crippen molar-refractivity contribution in [1.29, 1.82) is 0 Å². The van der Waals surface area contributed by atoms with Gasteiger partial charge in [0.15, 0.2) is 8.32 Å². The van der Waals surface area contributed by atoms with Crippen LogP contribution >= 0.6 is 0 Å². The SMILES string of the molecule is COCC1=CC(CO[Si](C)(C)CC(C)(C)C)N(C(=O)O)CC1OS(C)(=O)=O. The molecule has 0 radical (unpaired) electrons. The first-order valence-corrected chi connectivity index (χ1v) is 13.8. The van der Waals surface area contributed by atoms with E-state index in [1.807, 2.05) is 0 Å². The van der Waals surface area contributed by atoms with E-state index in [0.717, 1.165) is 17.2 Å². The molecule has 2 atom stereocenters. The molecule has 0 saturated carbocycles. The highest BCUT2D eigenvalue weighted by Gasteiger charge is 2.36. The Hall–Kier alpha value is -0.943. The average Bonchev–Trinajstić information content (AvgIpc) is 2.43. The van der Waals surface area contributed by atoms with E-state index in [1.54, 1.807) is 6.08 Å². The molecule has 0 spiro atoms. The Kier molecular flexibility index (Phi) is 8.07. The average molecular weight is 424 g/mol. The molecule has 0 saturated heterocycles. The van der Waals surface area contributed by atoms with Crippen LogP contribution in [0.5, 0.6) is 0 Å². The molecular formula is C17H33NO7SSi. The number of amides is 1. The third-order valence-electron chi connectivity index (χ3n) is 4.03. The topological polar surface area (TPSA) is 102 Å². The highest BCUT2D eigenvalue weighted by molar-refractivity contribution is 7.86. The van der Waals surface area contributed by atoms with E-state index in [0.29, 0.717) is 5.57 Å². The fraction of sp³-hybridized carbons (Fsp3) is 0.824. The zero-order valence-electron chi connectivity index (χ0n) is 17.3. The van der Waals surface area contributed by atoms with Gasteiger partial charge in [-0.25, -0.2) is 4.79 Å². The van der Waals surface area contributed by atoms with Crippen LogP contribution < -0.4 is 0 Å². The van der Waals surface area contributed by atoms with Crippen LogP contribution in [-0.4, -0.2) is 78.1 Å². The van der Waals surface area contributed by atoms with Crippen molar-refractivity contribution >= 4 is 24.5 Å². The second-order valence-corrected chi connectivity index (χ2v) is 14.5. The van der Waals surface area contributed by atoms with Gasteiger partial charge in [0, 0.05) is 7.11 Å². The molecule has 1 N–H and O–H groups in total. The molecule has 0 aromatic rings. The molecule has 1 rings (SSSR count). The number of carbonyl (C=O) groups is 1. The molecule has 1 aliphatic heterocycles. The van der Waals surface area contributed by atoms with E-state index in [9.17, 15) is 18.3 Å². The minimum absolute atomic E-state index is 0.0904. The molecule has 1 amide bonds. The fourth-order valence-electron chi connectivity index (χ4n) is 3.48. The second kappa shape index (κ2) is 9.04. The standard InChI is InChI=1S/C17H33NO7SSi/c1-17(2,3)12-27(6,7)24-11-14-8-13(10-23-4)15(25-26(5,21)22)9-18(14)16(19)20/h8,14-15H,9-12H2,1-7H3,(H,19,20). The Morgan fingerprint density at radius 1 is 1.37 bits per heavy atom. The zero-order valence-corrected chi connectivity index (χ0v) is 19.1. The van der Waals surface area contributed by atoms with E-state index in [4.69, 9.17) is 13.3 Å². The number of methoxy groups -OCH3 is 1. The number of ether oxygens (including phenoxy) is 1. The van der Waals surface area contributed by atoms with Crippen molar-refractivity contribution in [2.45, 2.75) is 52.1 Å². The second-order valence-electron chi connectivity index (χ2n) is 8.77. The Balaban J connectivity index is 3.02. The van der Waals surface area contributed by atoms with Gasteiger partial charge in [0.2, 0.25) is 0 Å². The minimum Gasteiger partial charge on any atom is -0.465 e. The molecule has 1 heterocycles. The predicted molar refractivity (Wildman–Crippen MR) is 106 cm³/mol. The summed E-state index contributed by atoms with van der Waals surface area (Å²) in [6.45, 7) is 11.0. The first-order chi connectivity index (χ1) is 12.1. The van der Waals surface area contributed by atoms with E-state index in [-0.39, 0.29) is 25.2 Å². The summed E-state index contributed by atoms with van der Waals surface area (Å²) < 4.78 is 39.4. The van der Waals surface area contributed by atoms with E-state index < -0.39 is 36.7 Å². The quantitative estimate of drug-likeness (QED) is 0.363. The Morgan fingerprint density at radius 3 is 2.41 bits per heavy atom. The molecule has 8 nitrogen and oxygen atoms in total. The molecule has 1 aliphatic rings. The summed E-state index contributed by atoms with van der Waals surface area (Å²) in [7, 11) is -4.24. The van der Waals surface area contributed by atoms with Gasteiger partial charge >= 0.3 is 6.09 Å². The van der Waals surface area contributed by atoms with Crippen molar-refractivity contribution in [3.8, 4) is 0 Å². The lowest BCUT2D eigenvalue weighted by molar-refractivity contribution is 0.0757. The maximum atomic E-state index is 11.7. The first-order valence-electron chi connectivity index (χ1n) is 8.85. The van der Waals surface area contributed by atoms with Crippen LogP contribution in [0.2, 0.25) is 19.1 Å². The Morgan fingerprint density at radius 2 is 1.96 bits per heavy atom. The summed E-state index contributed by atoms with van der Waals surface area (Å²) in [5.74, 6) is 0. The van der Waals surface area contributed by atoms with E-state index in [2.05, 4.69) is 33.9 Å². The van der Waals surface area contributed by atoms with Crippen molar-refractivity contribution in [2.24, 2.45) is 5.41 Å². The van der Waals surface area contributed by atoms with Crippen molar-refractivity contribution in [3.63, 3.8) is 0 Å². The summed E-state index contributed by atoms with van der Waals surface area (Å²) >= 11 is 0. The molecule has 2 unspecified atom stereocenters. The first kappa shape index (κ1) is 24.1. The van der Waals surface area contributed by atoms with Crippen molar-refractivity contribution in [1.82, 2.24) is 4.90 Å². The Bertz CT molecular complexity index is 655. The molecule has 27 heavy (non-hydrogen) atoms. The highest BCUT2D eigenvalue weighted by Crippen LogP contribution is 2.29. The maximum Gasteiger partial charge on any atom is 0.407 e. The lowest BCUT2D eigenvalue weighted by Gasteiger charge is -2.38. The summed E-state index contributed by atoms with van der Waals surface area (Å²) in [5.41, 5.74) is 0.726. The number of hydrogen-bond donors (Lipinski definition) is 1. The summed E-state index contributed by atoms with van der Waals surface area (Å²) in [6.07, 6.45) is 0.595.